The van der Waals surface area contributed by atoms with Gasteiger partial charge in [0.2, 0.25) is 0 Å². The Morgan fingerprint density at radius 2 is 2.22 bits per heavy atom. The molecule has 5 heteroatoms. The van der Waals surface area contributed by atoms with Crippen LogP contribution >= 0.6 is 11.3 Å². The van der Waals surface area contributed by atoms with Crippen LogP contribution in [0.2, 0.25) is 0 Å². The first-order chi connectivity index (χ1) is 8.41. The van der Waals surface area contributed by atoms with E-state index in [2.05, 4.69) is 9.57 Å². The lowest BCUT2D eigenvalue weighted by Crippen LogP contribution is -2.36. The van der Waals surface area contributed by atoms with E-state index in [1.807, 2.05) is 32.2 Å². The zero-order valence-electron chi connectivity index (χ0n) is 10.9. The second-order valence-corrected chi connectivity index (χ2v) is 8.57. The SMILES string of the molecule is [C-]#[N+]c1csc([C@H](N[S@@](=O)C(C)(C)C)C2CC2)c1. The Morgan fingerprint density at radius 1 is 1.56 bits per heavy atom. The largest absolute Gasteiger partial charge is 0.242 e. The Balaban J connectivity index is 2.14. The van der Waals surface area contributed by atoms with Crippen LogP contribution in [0.25, 0.3) is 4.85 Å². The molecular formula is C13H18N2OS2. The van der Waals surface area contributed by atoms with E-state index >= 15 is 0 Å². The van der Waals surface area contributed by atoms with Gasteiger partial charge in [-0.3, -0.25) is 0 Å². The van der Waals surface area contributed by atoms with Crippen LogP contribution in [0.1, 0.15) is 44.5 Å². The van der Waals surface area contributed by atoms with Gasteiger partial charge in [0.15, 0.2) is 5.69 Å². The highest BCUT2D eigenvalue weighted by Crippen LogP contribution is 2.44. The zero-order valence-corrected chi connectivity index (χ0v) is 12.5. The Morgan fingerprint density at radius 3 is 2.67 bits per heavy atom. The van der Waals surface area contributed by atoms with Crippen molar-refractivity contribution in [2.45, 2.75) is 44.4 Å². The molecule has 0 bridgehead atoms. The Bertz CT molecular complexity index is 492. The molecule has 1 N–H and O–H groups in total. The topological polar surface area (TPSA) is 33.5 Å². The van der Waals surface area contributed by atoms with Crippen LogP contribution < -0.4 is 4.72 Å². The van der Waals surface area contributed by atoms with Crippen LogP contribution in [-0.4, -0.2) is 8.96 Å². The molecule has 0 amide bonds. The van der Waals surface area contributed by atoms with E-state index in [4.69, 9.17) is 6.57 Å². The molecular weight excluding hydrogens is 264 g/mol. The number of nitrogens with one attached hydrogen (secondary N) is 1. The van der Waals surface area contributed by atoms with Crippen LogP contribution in [0.4, 0.5) is 5.69 Å². The average Bonchev–Trinajstić information content (AvgIpc) is 3.02. The first kappa shape index (κ1) is 13.7. The van der Waals surface area contributed by atoms with Crippen molar-refractivity contribution < 1.29 is 4.21 Å². The van der Waals surface area contributed by atoms with Gasteiger partial charge in [0, 0.05) is 4.88 Å². The van der Waals surface area contributed by atoms with E-state index < -0.39 is 11.0 Å². The highest BCUT2D eigenvalue weighted by Gasteiger charge is 2.35. The summed E-state index contributed by atoms with van der Waals surface area (Å²) in [5.74, 6) is 0.577. The van der Waals surface area contributed by atoms with Gasteiger partial charge in [-0.1, -0.05) is 0 Å². The standard InChI is InChI=1S/C13H18N2OS2/c1-13(2,3)18(16)15-12(9-5-6-9)11-7-10(14-4)8-17-11/h7-9,12,15H,5-6H2,1-3H3/t12-,18+/m1/s1. The molecule has 2 atom stereocenters. The van der Waals surface area contributed by atoms with Crippen LogP contribution in [0.15, 0.2) is 11.4 Å². The summed E-state index contributed by atoms with van der Waals surface area (Å²) in [5, 5.41) is 1.87. The van der Waals surface area contributed by atoms with Gasteiger partial charge in [-0.2, -0.15) is 11.3 Å². The molecule has 18 heavy (non-hydrogen) atoms. The minimum absolute atomic E-state index is 0.144. The summed E-state index contributed by atoms with van der Waals surface area (Å²) in [4.78, 5) is 4.58. The molecule has 0 aliphatic heterocycles. The summed E-state index contributed by atoms with van der Waals surface area (Å²) in [6.45, 7) is 12.9. The lowest BCUT2D eigenvalue weighted by atomic mass is 10.1. The number of hydrogen-bond acceptors (Lipinski definition) is 2. The van der Waals surface area contributed by atoms with Crippen LogP contribution in [0.5, 0.6) is 0 Å². The number of nitrogens with zero attached hydrogens (tertiary/aromatic N) is 1. The smallest absolute Gasteiger partial charge is 0.198 e. The third-order valence-corrected chi connectivity index (χ3v) is 5.51. The molecule has 98 valence electrons. The normalized spacial score (nSPS) is 19.2. The summed E-state index contributed by atoms with van der Waals surface area (Å²) in [7, 11) is -1.06. The molecule has 1 aromatic heterocycles. The van der Waals surface area contributed by atoms with Crippen molar-refractivity contribution in [1.82, 2.24) is 4.72 Å². The van der Waals surface area contributed by atoms with Crippen LogP contribution in [0, 0.1) is 12.5 Å². The van der Waals surface area contributed by atoms with Gasteiger partial charge in [-0.25, -0.2) is 13.8 Å². The van der Waals surface area contributed by atoms with Crippen molar-refractivity contribution in [3.63, 3.8) is 0 Å². The predicted octanol–water partition coefficient (Wildman–Crippen LogP) is 3.80. The minimum Gasteiger partial charge on any atom is -0.242 e. The van der Waals surface area contributed by atoms with E-state index in [1.54, 1.807) is 11.3 Å². The third kappa shape index (κ3) is 3.19. The lowest BCUT2D eigenvalue weighted by Gasteiger charge is -2.23. The third-order valence-electron chi connectivity index (χ3n) is 2.93. The van der Waals surface area contributed by atoms with E-state index in [0.717, 1.165) is 4.88 Å². The van der Waals surface area contributed by atoms with Crippen molar-refractivity contribution >= 4 is 28.0 Å². The van der Waals surface area contributed by atoms with Crippen molar-refractivity contribution in [3.05, 3.63) is 27.7 Å². The fourth-order valence-corrected chi connectivity index (χ4v) is 3.61. The maximum Gasteiger partial charge on any atom is 0.198 e. The lowest BCUT2D eigenvalue weighted by molar-refractivity contribution is 0.563. The van der Waals surface area contributed by atoms with Crippen LogP contribution in [0.3, 0.4) is 0 Å². The second kappa shape index (κ2) is 5.12. The highest BCUT2D eigenvalue weighted by molar-refractivity contribution is 7.84. The summed E-state index contributed by atoms with van der Waals surface area (Å²) in [6, 6.07) is 2.07. The van der Waals surface area contributed by atoms with Crippen molar-refractivity contribution in [2.24, 2.45) is 5.92 Å². The molecule has 1 fully saturated rings. The van der Waals surface area contributed by atoms with Crippen molar-refractivity contribution in [1.29, 1.82) is 0 Å². The van der Waals surface area contributed by atoms with Gasteiger partial charge in [-0.05, 0) is 51.0 Å². The quantitative estimate of drug-likeness (QED) is 0.837. The molecule has 0 unspecified atom stereocenters. The van der Waals surface area contributed by atoms with E-state index in [9.17, 15) is 4.21 Å². The average molecular weight is 282 g/mol. The molecule has 1 aromatic rings. The Labute approximate surface area is 115 Å². The molecule has 0 saturated heterocycles. The van der Waals surface area contributed by atoms with Gasteiger partial charge in [-0.15, -0.1) is 0 Å². The molecule has 0 spiro atoms. The molecule has 0 aromatic carbocycles. The monoisotopic (exact) mass is 282 g/mol. The van der Waals surface area contributed by atoms with Gasteiger partial charge in [0.05, 0.1) is 28.3 Å². The summed E-state index contributed by atoms with van der Waals surface area (Å²) >= 11 is 1.59. The van der Waals surface area contributed by atoms with Crippen molar-refractivity contribution in [2.75, 3.05) is 0 Å². The fourth-order valence-electron chi connectivity index (χ4n) is 1.67. The molecule has 2 rings (SSSR count). The van der Waals surface area contributed by atoms with Crippen LogP contribution in [-0.2, 0) is 11.0 Å². The second-order valence-electron chi connectivity index (χ2n) is 5.63. The first-order valence-electron chi connectivity index (χ1n) is 6.06. The van der Waals surface area contributed by atoms with E-state index in [0.29, 0.717) is 11.6 Å². The van der Waals surface area contributed by atoms with Gasteiger partial charge in [0.25, 0.3) is 0 Å². The van der Waals surface area contributed by atoms with Gasteiger partial charge in [0.1, 0.15) is 0 Å². The molecule has 1 aliphatic carbocycles. The maximum absolute atomic E-state index is 12.2. The van der Waals surface area contributed by atoms with Crippen molar-refractivity contribution in [3.8, 4) is 0 Å². The minimum atomic E-state index is -1.06. The summed E-state index contributed by atoms with van der Waals surface area (Å²) in [6.07, 6.45) is 2.37. The molecule has 1 aliphatic rings. The van der Waals surface area contributed by atoms with Gasteiger partial charge >= 0.3 is 0 Å². The van der Waals surface area contributed by atoms with Gasteiger partial charge < -0.3 is 0 Å². The number of hydrogen-bond donors (Lipinski definition) is 1. The Kier molecular flexibility index (Phi) is 3.90. The predicted molar refractivity (Wildman–Crippen MR) is 77.1 cm³/mol. The fraction of sp³-hybridized carbons (Fsp3) is 0.615. The molecule has 1 heterocycles. The number of thiophene rings is 1. The van der Waals surface area contributed by atoms with E-state index in [1.165, 1.54) is 12.8 Å². The van der Waals surface area contributed by atoms with E-state index in [-0.39, 0.29) is 10.8 Å². The highest BCUT2D eigenvalue weighted by atomic mass is 32.2. The summed E-state index contributed by atoms with van der Waals surface area (Å²) in [5.41, 5.74) is 0.684. The zero-order chi connectivity index (χ0) is 13.3. The first-order valence-corrected chi connectivity index (χ1v) is 8.08. The summed E-state index contributed by atoms with van der Waals surface area (Å²) < 4.78 is 15.2. The molecule has 1 saturated carbocycles. The maximum atomic E-state index is 12.2. The molecule has 3 nitrogen and oxygen atoms in total. The Hall–Kier alpha value is -0.700. The molecule has 0 radical (unpaired) electrons. The number of rotatable bonds is 4.